The molecule has 1 aliphatic heterocycles. The number of ether oxygens (including phenoxy) is 4. The van der Waals surface area contributed by atoms with Crippen molar-refractivity contribution >= 4 is 18.2 Å². The molecule has 4 fully saturated rings. The lowest BCUT2D eigenvalue weighted by molar-refractivity contribution is -0.308. The van der Waals surface area contributed by atoms with Gasteiger partial charge in [-0.2, -0.15) is 0 Å². The summed E-state index contributed by atoms with van der Waals surface area (Å²) in [6, 6.07) is 0. The molecule has 5 aliphatic rings. The van der Waals surface area contributed by atoms with Gasteiger partial charge in [0, 0.05) is 18.1 Å². The number of aliphatic hydroxyl groups is 1. The molecule has 0 radical (unpaired) electrons. The lowest BCUT2D eigenvalue weighted by Crippen LogP contribution is -2.64. The van der Waals surface area contributed by atoms with E-state index < -0.39 is 58.9 Å². The van der Waals surface area contributed by atoms with Crippen LogP contribution in [-0.4, -0.2) is 72.9 Å². The quantitative estimate of drug-likeness (QED) is 0.150. The second kappa shape index (κ2) is 11.7. The van der Waals surface area contributed by atoms with Crippen molar-refractivity contribution < 1.29 is 43.5 Å². The van der Waals surface area contributed by atoms with Crippen molar-refractivity contribution in [1.29, 1.82) is 0 Å². The minimum atomic E-state index is -1.39. The molecule has 2 N–H and O–H groups in total. The summed E-state index contributed by atoms with van der Waals surface area (Å²) in [5, 5.41) is 22.7. The van der Waals surface area contributed by atoms with Crippen LogP contribution in [0.2, 0.25) is 0 Å². The van der Waals surface area contributed by atoms with E-state index in [0.29, 0.717) is 24.3 Å². The van der Waals surface area contributed by atoms with Crippen LogP contribution in [0.25, 0.3) is 0 Å². The maximum Gasteiger partial charge on any atom is 0.333 e. The van der Waals surface area contributed by atoms with E-state index in [-0.39, 0.29) is 30.3 Å². The van der Waals surface area contributed by atoms with Gasteiger partial charge in [-0.3, -0.25) is 4.79 Å². The zero-order valence-electron chi connectivity index (χ0n) is 26.7. The number of allylic oxidation sites excluding steroid dienone is 2. The molecule has 9 nitrogen and oxygen atoms in total. The van der Waals surface area contributed by atoms with Crippen LogP contribution < -0.4 is 0 Å². The fourth-order valence-corrected chi connectivity index (χ4v) is 10.1. The molecule has 0 aromatic carbocycles. The summed E-state index contributed by atoms with van der Waals surface area (Å²) < 4.78 is 24.0. The number of methoxy groups -OCH3 is 1. The molecule has 1 heterocycles. The maximum atomic E-state index is 13.7. The average Bonchev–Trinajstić information content (AvgIpc) is 3.54. The normalized spacial score (nSPS) is 45.2. The number of aliphatic carboxylic acids is 1. The number of esters is 1. The standard InChI is InChI=1S/C34H50O9/c1-8-9-10-20(5)29(37)43-28-26(36)30(42-21(6)27(28)40-7)41-17-33-15-23-19(4)11-12-24(23)32(16-35)14-22(33)13-25(18(2)3)34(32,33)31(38)39/h10,13,16,18-19,21-24,26-28,30,36H,8-9,11-12,14-15,17H2,1-7H3,(H,38,39)/b20-10+/t19-,21-,22?,23-,24-,26+,27-,28+,30-,32?,33?,34?/m1/s1. The first kappa shape index (κ1) is 32.3. The zero-order chi connectivity index (χ0) is 31.5. The van der Waals surface area contributed by atoms with Gasteiger partial charge in [0.1, 0.15) is 23.9 Å². The molecule has 12 atom stereocenters. The number of hydrogen-bond donors (Lipinski definition) is 2. The van der Waals surface area contributed by atoms with Crippen molar-refractivity contribution in [2.75, 3.05) is 13.7 Å². The number of rotatable bonds is 11. The van der Waals surface area contributed by atoms with E-state index in [2.05, 4.69) is 13.0 Å². The Morgan fingerprint density at radius 1 is 1.19 bits per heavy atom. The molecule has 4 aliphatic carbocycles. The molecule has 4 unspecified atom stereocenters. The van der Waals surface area contributed by atoms with Gasteiger partial charge in [0.2, 0.25) is 0 Å². The van der Waals surface area contributed by atoms with Gasteiger partial charge in [-0.25, -0.2) is 4.79 Å². The van der Waals surface area contributed by atoms with Crippen LogP contribution in [0.5, 0.6) is 0 Å². The topological polar surface area (TPSA) is 129 Å². The highest BCUT2D eigenvalue weighted by molar-refractivity contribution is 5.90. The highest BCUT2D eigenvalue weighted by atomic mass is 16.7. The molecule has 5 rings (SSSR count). The van der Waals surface area contributed by atoms with Crippen LogP contribution in [0.1, 0.15) is 80.1 Å². The molecule has 0 aromatic heterocycles. The monoisotopic (exact) mass is 602 g/mol. The summed E-state index contributed by atoms with van der Waals surface area (Å²) in [5.74, 6) is -1.09. The average molecular weight is 603 g/mol. The lowest BCUT2D eigenvalue weighted by atomic mass is 9.43. The Kier molecular flexibility index (Phi) is 8.79. The molecule has 1 saturated heterocycles. The van der Waals surface area contributed by atoms with Crippen LogP contribution in [0.4, 0.5) is 0 Å². The smallest absolute Gasteiger partial charge is 0.333 e. The number of carboxylic acids is 1. The van der Waals surface area contributed by atoms with Crippen LogP contribution in [0, 0.1) is 45.8 Å². The van der Waals surface area contributed by atoms with Crippen LogP contribution in [-0.2, 0) is 33.3 Å². The molecule has 240 valence electrons. The summed E-state index contributed by atoms with van der Waals surface area (Å²) >= 11 is 0. The number of carbonyl (C=O) groups is 3. The van der Waals surface area contributed by atoms with Crippen LogP contribution in [0.15, 0.2) is 23.3 Å². The van der Waals surface area contributed by atoms with E-state index in [0.717, 1.165) is 37.5 Å². The molecule has 3 saturated carbocycles. The molecule has 0 amide bonds. The van der Waals surface area contributed by atoms with E-state index in [1.807, 2.05) is 26.8 Å². The van der Waals surface area contributed by atoms with Gasteiger partial charge in [0.05, 0.1) is 18.1 Å². The Balaban J connectivity index is 1.48. The largest absolute Gasteiger partial charge is 0.481 e. The number of fused-ring (bicyclic) bond motifs is 2. The zero-order valence-corrected chi connectivity index (χ0v) is 26.7. The Morgan fingerprint density at radius 3 is 2.51 bits per heavy atom. The first-order valence-corrected chi connectivity index (χ1v) is 16.1. The molecular weight excluding hydrogens is 552 g/mol. The summed E-state index contributed by atoms with van der Waals surface area (Å²) in [7, 11) is 1.48. The molecule has 0 spiro atoms. The van der Waals surface area contributed by atoms with E-state index in [9.17, 15) is 24.6 Å². The first-order valence-electron chi connectivity index (χ1n) is 16.1. The third-order valence-corrected chi connectivity index (χ3v) is 12.0. The summed E-state index contributed by atoms with van der Waals surface area (Å²) in [6.07, 6.45) is 4.61. The predicted octanol–water partition coefficient (Wildman–Crippen LogP) is 4.71. The highest BCUT2D eigenvalue weighted by Gasteiger charge is 2.84. The molecular formula is C34H50O9. The van der Waals surface area contributed by atoms with E-state index in [1.165, 1.54) is 7.11 Å². The van der Waals surface area contributed by atoms with Gasteiger partial charge in [0.25, 0.3) is 0 Å². The second-order valence-electron chi connectivity index (χ2n) is 14.2. The Hall–Kier alpha value is -2.07. The van der Waals surface area contributed by atoms with Gasteiger partial charge in [-0.15, -0.1) is 0 Å². The molecule has 43 heavy (non-hydrogen) atoms. The minimum Gasteiger partial charge on any atom is -0.481 e. The van der Waals surface area contributed by atoms with Crippen molar-refractivity contribution in [3.63, 3.8) is 0 Å². The third kappa shape index (κ3) is 4.43. The van der Waals surface area contributed by atoms with E-state index in [4.69, 9.17) is 18.9 Å². The lowest BCUT2D eigenvalue weighted by Gasteiger charge is -2.58. The Morgan fingerprint density at radius 2 is 1.91 bits per heavy atom. The summed E-state index contributed by atoms with van der Waals surface area (Å²) in [6.45, 7) is 11.7. The number of aldehydes is 1. The van der Waals surface area contributed by atoms with Crippen molar-refractivity contribution in [2.24, 2.45) is 45.8 Å². The Labute approximate surface area is 255 Å². The second-order valence-corrected chi connectivity index (χ2v) is 14.2. The summed E-state index contributed by atoms with van der Waals surface area (Å²) in [5.41, 5.74) is -1.99. The van der Waals surface area contributed by atoms with Crippen molar-refractivity contribution in [1.82, 2.24) is 0 Å². The van der Waals surface area contributed by atoms with Gasteiger partial charge < -0.3 is 34.0 Å². The number of hydrogen-bond acceptors (Lipinski definition) is 8. The van der Waals surface area contributed by atoms with Gasteiger partial charge in [0.15, 0.2) is 12.4 Å². The van der Waals surface area contributed by atoms with Crippen molar-refractivity contribution in [2.45, 2.75) is 111 Å². The number of aliphatic hydroxyl groups excluding tert-OH is 1. The highest BCUT2D eigenvalue weighted by Crippen LogP contribution is 2.82. The van der Waals surface area contributed by atoms with Crippen LogP contribution in [0.3, 0.4) is 0 Å². The van der Waals surface area contributed by atoms with Gasteiger partial charge >= 0.3 is 11.9 Å². The maximum absolute atomic E-state index is 13.7. The van der Waals surface area contributed by atoms with Gasteiger partial charge in [-0.1, -0.05) is 58.3 Å². The van der Waals surface area contributed by atoms with Crippen LogP contribution >= 0.6 is 0 Å². The van der Waals surface area contributed by atoms with Gasteiger partial charge in [-0.05, 0) is 69.1 Å². The molecule has 0 aromatic rings. The third-order valence-electron chi connectivity index (χ3n) is 12.0. The summed E-state index contributed by atoms with van der Waals surface area (Å²) in [4.78, 5) is 39.9. The number of carboxylic acid groups (broad SMARTS) is 1. The first-order chi connectivity index (χ1) is 20.4. The number of carbonyl (C=O) groups excluding carboxylic acids is 2. The Bertz CT molecular complexity index is 1180. The van der Waals surface area contributed by atoms with Crippen molar-refractivity contribution in [3.05, 3.63) is 23.3 Å². The minimum absolute atomic E-state index is 0.00437. The SMILES string of the molecule is CCC/C=C(\C)C(=O)O[C@H]1[C@H](O)[C@H](OCC23C[C@@H]4[C@H](C)CC[C@H]4C4(C=O)CC2C=C(C(C)C)C34C(=O)O)O[C@H](C)[C@H]1OC. The molecule has 9 heteroatoms. The van der Waals surface area contributed by atoms with E-state index in [1.54, 1.807) is 13.8 Å². The molecule has 4 bridgehead atoms. The fraction of sp³-hybridized carbons (Fsp3) is 0.794. The number of unbranched alkanes of at least 4 members (excludes halogenated alkanes) is 1. The fourth-order valence-electron chi connectivity index (χ4n) is 10.1. The predicted molar refractivity (Wildman–Crippen MR) is 158 cm³/mol. The van der Waals surface area contributed by atoms with Crippen molar-refractivity contribution in [3.8, 4) is 0 Å². The van der Waals surface area contributed by atoms with E-state index >= 15 is 0 Å².